The van der Waals surface area contributed by atoms with E-state index in [1.807, 2.05) is 0 Å². The predicted molar refractivity (Wildman–Crippen MR) is 89.5 cm³/mol. The van der Waals surface area contributed by atoms with Gasteiger partial charge >= 0.3 is 0 Å². The van der Waals surface area contributed by atoms with Crippen LogP contribution in [0.25, 0.3) is 11.4 Å². The molecule has 2 aromatic rings. The predicted octanol–water partition coefficient (Wildman–Crippen LogP) is 1.94. The van der Waals surface area contributed by atoms with E-state index in [4.69, 9.17) is 0 Å². The van der Waals surface area contributed by atoms with Gasteiger partial charge in [-0.25, -0.2) is 0 Å². The minimum absolute atomic E-state index is 0.00267. The second kappa shape index (κ2) is 7.37. The number of benzene rings is 1. The number of non-ortho nitro benzene ring substituents is 1. The van der Waals surface area contributed by atoms with E-state index in [0.717, 1.165) is 19.3 Å². The maximum atomic E-state index is 12.2. The average molecular weight is 344 g/mol. The molecule has 9 heteroatoms. The summed E-state index contributed by atoms with van der Waals surface area (Å²) in [4.78, 5) is 23.6. The van der Waals surface area contributed by atoms with Crippen LogP contribution < -0.4 is 5.32 Å². The first-order valence-electron chi connectivity index (χ1n) is 8.35. The Morgan fingerprint density at radius 3 is 2.72 bits per heavy atom. The van der Waals surface area contributed by atoms with Crippen LogP contribution in [0.3, 0.4) is 0 Å². The number of nitro benzene ring substituents is 1. The summed E-state index contributed by atoms with van der Waals surface area (Å²) in [7, 11) is 0. The van der Waals surface area contributed by atoms with Crippen molar-refractivity contribution in [3.8, 4) is 11.4 Å². The van der Waals surface area contributed by atoms with Crippen molar-refractivity contribution in [3.63, 3.8) is 0 Å². The number of rotatable bonds is 5. The van der Waals surface area contributed by atoms with Crippen LogP contribution >= 0.6 is 0 Å². The topological polar surface area (TPSA) is 116 Å². The number of aromatic nitrogens is 4. The molecule has 0 saturated heterocycles. The largest absolute Gasteiger partial charge is 0.351 e. The third-order valence-electron chi connectivity index (χ3n) is 4.53. The number of amides is 1. The van der Waals surface area contributed by atoms with Crippen LogP contribution in [0.15, 0.2) is 24.3 Å². The minimum atomic E-state index is -0.468. The highest BCUT2D eigenvalue weighted by Gasteiger charge is 2.23. The Hall–Kier alpha value is -2.84. The molecule has 3 rings (SSSR count). The highest BCUT2D eigenvalue weighted by Crippen LogP contribution is 2.23. The van der Waals surface area contributed by atoms with Crippen molar-refractivity contribution < 1.29 is 9.72 Å². The van der Waals surface area contributed by atoms with E-state index in [1.165, 1.54) is 23.4 Å². The van der Waals surface area contributed by atoms with Crippen LogP contribution in [-0.4, -0.2) is 37.1 Å². The fraction of sp³-hybridized carbons (Fsp3) is 0.500. The van der Waals surface area contributed by atoms with E-state index in [2.05, 4.69) is 27.7 Å². The van der Waals surface area contributed by atoms with Crippen LogP contribution in [0.4, 0.5) is 5.69 Å². The number of nitrogens with one attached hydrogen (secondary N) is 1. The first-order valence-corrected chi connectivity index (χ1v) is 8.35. The van der Waals surface area contributed by atoms with Gasteiger partial charge in [-0.3, -0.25) is 14.9 Å². The number of tetrazole rings is 1. The zero-order valence-electron chi connectivity index (χ0n) is 14.0. The molecule has 1 aliphatic rings. The van der Waals surface area contributed by atoms with Crippen LogP contribution in [0.2, 0.25) is 0 Å². The number of carbonyl (C=O) groups excluding carboxylic acids is 1. The van der Waals surface area contributed by atoms with Crippen molar-refractivity contribution in [1.29, 1.82) is 0 Å². The maximum absolute atomic E-state index is 12.2. The Balaban J connectivity index is 1.61. The fourth-order valence-electron chi connectivity index (χ4n) is 3.07. The molecule has 2 atom stereocenters. The molecule has 0 aliphatic heterocycles. The second-order valence-electron chi connectivity index (χ2n) is 6.38. The smallest absolute Gasteiger partial charge is 0.269 e. The van der Waals surface area contributed by atoms with Gasteiger partial charge in [-0.05, 0) is 36.1 Å². The lowest BCUT2D eigenvalue weighted by Gasteiger charge is -2.29. The summed E-state index contributed by atoms with van der Waals surface area (Å²) in [5, 5.41) is 25.7. The van der Waals surface area contributed by atoms with Crippen LogP contribution in [-0.2, 0) is 11.3 Å². The second-order valence-corrected chi connectivity index (χ2v) is 6.38. The number of nitrogens with zero attached hydrogens (tertiary/aromatic N) is 5. The maximum Gasteiger partial charge on any atom is 0.269 e. The number of carbonyl (C=O) groups is 1. The SMILES string of the molecule is C[C@H]1CCCC[C@@H]1NC(=O)Cn1nnc(-c2ccc([N+](=O)[O-])cc2)n1. The Morgan fingerprint density at radius 2 is 2.04 bits per heavy atom. The van der Waals surface area contributed by atoms with Gasteiger partial charge in [-0.1, -0.05) is 19.8 Å². The molecule has 1 aliphatic carbocycles. The Kier molecular flexibility index (Phi) is 5.01. The van der Waals surface area contributed by atoms with E-state index in [0.29, 0.717) is 17.3 Å². The zero-order valence-corrected chi connectivity index (χ0v) is 14.0. The Labute approximate surface area is 144 Å². The minimum Gasteiger partial charge on any atom is -0.351 e. The molecule has 0 bridgehead atoms. The molecular weight excluding hydrogens is 324 g/mol. The normalized spacial score (nSPS) is 20.2. The summed E-state index contributed by atoms with van der Waals surface area (Å²) >= 11 is 0. The highest BCUT2D eigenvalue weighted by atomic mass is 16.6. The Bertz CT molecular complexity index is 757. The molecule has 1 aromatic heterocycles. The monoisotopic (exact) mass is 344 g/mol. The molecule has 0 spiro atoms. The number of hydrogen-bond acceptors (Lipinski definition) is 6. The van der Waals surface area contributed by atoms with Gasteiger partial charge < -0.3 is 5.32 Å². The standard InChI is InChI=1S/C16H20N6O3/c1-11-4-2-3-5-14(11)17-15(23)10-21-19-16(18-20-21)12-6-8-13(9-7-12)22(24)25/h6-9,11,14H,2-5,10H2,1H3,(H,17,23)/t11-,14-/m0/s1. The first-order chi connectivity index (χ1) is 12.0. The zero-order chi connectivity index (χ0) is 17.8. The molecule has 1 fully saturated rings. The van der Waals surface area contributed by atoms with Gasteiger partial charge in [0.1, 0.15) is 6.54 Å². The van der Waals surface area contributed by atoms with E-state index < -0.39 is 4.92 Å². The van der Waals surface area contributed by atoms with E-state index in [1.54, 1.807) is 12.1 Å². The van der Waals surface area contributed by atoms with E-state index >= 15 is 0 Å². The van der Waals surface area contributed by atoms with Gasteiger partial charge in [-0.2, -0.15) is 4.80 Å². The van der Waals surface area contributed by atoms with Gasteiger partial charge in [0, 0.05) is 23.7 Å². The van der Waals surface area contributed by atoms with Crippen molar-refractivity contribution in [2.24, 2.45) is 5.92 Å². The number of nitro groups is 1. The van der Waals surface area contributed by atoms with Gasteiger partial charge in [-0.15, -0.1) is 10.2 Å². The van der Waals surface area contributed by atoms with Crippen molar-refractivity contribution in [1.82, 2.24) is 25.5 Å². The molecule has 1 N–H and O–H groups in total. The summed E-state index contributed by atoms with van der Waals surface area (Å²) < 4.78 is 0. The molecule has 1 aromatic carbocycles. The lowest BCUT2D eigenvalue weighted by atomic mass is 9.86. The summed E-state index contributed by atoms with van der Waals surface area (Å²) in [5.74, 6) is 0.678. The van der Waals surface area contributed by atoms with Gasteiger partial charge in [0.2, 0.25) is 11.7 Å². The molecule has 0 unspecified atom stereocenters. The third kappa shape index (κ3) is 4.17. The molecule has 1 saturated carbocycles. The number of hydrogen-bond donors (Lipinski definition) is 1. The molecule has 9 nitrogen and oxygen atoms in total. The van der Waals surface area contributed by atoms with Crippen LogP contribution in [0.1, 0.15) is 32.6 Å². The van der Waals surface area contributed by atoms with Crippen molar-refractivity contribution in [2.45, 2.75) is 45.2 Å². The van der Waals surface area contributed by atoms with Crippen LogP contribution in [0.5, 0.6) is 0 Å². The summed E-state index contributed by atoms with van der Waals surface area (Å²) in [6.07, 6.45) is 4.50. The molecule has 25 heavy (non-hydrogen) atoms. The molecule has 1 amide bonds. The van der Waals surface area contributed by atoms with Crippen LogP contribution in [0, 0.1) is 16.0 Å². The molecular formula is C16H20N6O3. The fourth-order valence-corrected chi connectivity index (χ4v) is 3.07. The molecule has 0 radical (unpaired) electrons. The highest BCUT2D eigenvalue weighted by molar-refractivity contribution is 5.75. The first kappa shape index (κ1) is 17.0. The van der Waals surface area contributed by atoms with Gasteiger partial charge in [0.05, 0.1) is 4.92 Å². The summed E-state index contributed by atoms with van der Waals surface area (Å²) in [5.41, 5.74) is 0.607. The molecule has 132 valence electrons. The molecule has 1 heterocycles. The van der Waals surface area contributed by atoms with E-state index in [-0.39, 0.29) is 24.2 Å². The Morgan fingerprint density at radius 1 is 1.32 bits per heavy atom. The third-order valence-corrected chi connectivity index (χ3v) is 4.53. The lowest BCUT2D eigenvalue weighted by molar-refractivity contribution is -0.384. The van der Waals surface area contributed by atoms with Crippen molar-refractivity contribution >= 4 is 11.6 Å². The van der Waals surface area contributed by atoms with Crippen molar-refractivity contribution in [2.75, 3.05) is 0 Å². The van der Waals surface area contributed by atoms with E-state index in [9.17, 15) is 14.9 Å². The van der Waals surface area contributed by atoms with Gasteiger partial charge in [0.15, 0.2) is 0 Å². The van der Waals surface area contributed by atoms with Crippen molar-refractivity contribution in [3.05, 3.63) is 34.4 Å². The average Bonchev–Trinajstić information content (AvgIpc) is 3.05. The summed E-state index contributed by atoms with van der Waals surface area (Å²) in [6, 6.07) is 6.09. The lowest BCUT2D eigenvalue weighted by Crippen LogP contribution is -2.42. The quantitative estimate of drug-likeness (QED) is 0.654. The summed E-state index contributed by atoms with van der Waals surface area (Å²) in [6.45, 7) is 2.16. The van der Waals surface area contributed by atoms with Gasteiger partial charge in [0.25, 0.3) is 5.69 Å².